The standard InChI is InChI=1S/C29H39N3O4/c1-29(2,3)28(35)32-16-13-26(14-17-32)36-25-10-8-22(9-11-25)27(34)30-18-24(33)20-31-15-12-21-6-4-5-7-23(21)19-31/h4-11,24,26,33H,12-20H2,1-3H3,(H,30,34)/t24-/m0/s1. The van der Waals surface area contributed by atoms with Crippen LogP contribution in [0, 0.1) is 5.41 Å². The fourth-order valence-electron chi connectivity index (χ4n) is 4.91. The van der Waals surface area contributed by atoms with E-state index in [1.165, 1.54) is 11.1 Å². The molecule has 7 nitrogen and oxygen atoms in total. The maximum Gasteiger partial charge on any atom is 0.251 e. The van der Waals surface area contributed by atoms with Crippen molar-refractivity contribution >= 4 is 11.8 Å². The highest BCUT2D eigenvalue weighted by molar-refractivity contribution is 5.94. The summed E-state index contributed by atoms with van der Waals surface area (Å²) in [4.78, 5) is 29.2. The molecule has 2 aliphatic rings. The highest BCUT2D eigenvalue weighted by Gasteiger charge is 2.31. The lowest BCUT2D eigenvalue weighted by Crippen LogP contribution is -2.46. The molecule has 1 atom stereocenters. The van der Waals surface area contributed by atoms with Crippen molar-refractivity contribution in [3.63, 3.8) is 0 Å². The molecular formula is C29H39N3O4. The first-order valence-electron chi connectivity index (χ1n) is 13.0. The van der Waals surface area contributed by atoms with Crippen LogP contribution in [0.3, 0.4) is 0 Å². The number of fused-ring (bicyclic) bond motifs is 1. The maximum absolute atomic E-state index is 12.6. The maximum atomic E-state index is 12.6. The molecule has 2 amide bonds. The van der Waals surface area contributed by atoms with Crippen molar-refractivity contribution in [2.45, 2.75) is 58.8 Å². The van der Waals surface area contributed by atoms with Gasteiger partial charge in [0.25, 0.3) is 5.91 Å². The molecule has 0 aromatic heterocycles. The number of β-amino-alcohol motifs (C(OH)–C–C–N with tert-alkyl or cyclic N) is 1. The van der Waals surface area contributed by atoms with E-state index in [4.69, 9.17) is 4.74 Å². The van der Waals surface area contributed by atoms with Crippen molar-refractivity contribution in [1.82, 2.24) is 15.1 Å². The summed E-state index contributed by atoms with van der Waals surface area (Å²) in [6, 6.07) is 15.5. The number of hydrogen-bond donors (Lipinski definition) is 2. The van der Waals surface area contributed by atoms with Gasteiger partial charge in [0, 0.05) is 63.1 Å². The number of nitrogens with one attached hydrogen (secondary N) is 1. The summed E-state index contributed by atoms with van der Waals surface area (Å²) < 4.78 is 6.10. The summed E-state index contributed by atoms with van der Waals surface area (Å²) in [5, 5.41) is 13.3. The van der Waals surface area contributed by atoms with Gasteiger partial charge in [-0.15, -0.1) is 0 Å². The second-order valence-electron chi connectivity index (χ2n) is 11.0. The predicted octanol–water partition coefficient (Wildman–Crippen LogP) is 3.25. The van der Waals surface area contributed by atoms with Gasteiger partial charge >= 0.3 is 0 Å². The van der Waals surface area contributed by atoms with E-state index in [0.717, 1.165) is 38.1 Å². The topological polar surface area (TPSA) is 82.1 Å². The molecule has 1 fully saturated rings. The summed E-state index contributed by atoms with van der Waals surface area (Å²) in [5.41, 5.74) is 2.86. The molecule has 36 heavy (non-hydrogen) atoms. The minimum Gasteiger partial charge on any atom is -0.490 e. The third kappa shape index (κ3) is 6.86. The molecule has 2 aromatic carbocycles. The van der Waals surface area contributed by atoms with Crippen LogP contribution in [0.15, 0.2) is 48.5 Å². The minimum atomic E-state index is -0.627. The van der Waals surface area contributed by atoms with Gasteiger partial charge < -0.3 is 20.1 Å². The van der Waals surface area contributed by atoms with E-state index in [1.807, 2.05) is 43.9 Å². The van der Waals surface area contributed by atoms with Crippen molar-refractivity contribution in [1.29, 1.82) is 0 Å². The summed E-state index contributed by atoms with van der Waals surface area (Å²) >= 11 is 0. The lowest BCUT2D eigenvalue weighted by Gasteiger charge is -2.35. The Morgan fingerprint density at radius 2 is 1.69 bits per heavy atom. The second kappa shape index (κ2) is 11.4. The molecule has 0 radical (unpaired) electrons. The lowest BCUT2D eigenvalue weighted by atomic mass is 9.93. The lowest BCUT2D eigenvalue weighted by molar-refractivity contribution is -0.141. The molecule has 4 rings (SSSR count). The number of piperidine rings is 1. The van der Waals surface area contributed by atoms with Crippen molar-refractivity contribution < 1.29 is 19.4 Å². The fraction of sp³-hybridized carbons (Fsp3) is 0.517. The number of amides is 2. The van der Waals surface area contributed by atoms with Gasteiger partial charge in [0.05, 0.1) is 6.10 Å². The van der Waals surface area contributed by atoms with Crippen LogP contribution in [0.2, 0.25) is 0 Å². The molecule has 2 heterocycles. The number of rotatable bonds is 7. The van der Waals surface area contributed by atoms with E-state index < -0.39 is 6.10 Å². The molecule has 2 N–H and O–H groups in total. The van der Waals surface area contributed by atoms with Crippen LogP contribution in [0.1, 0.15) is 55.1 Å². The molecule has 7 heteroatoms. The fourth-order valence-corrected chi connectivity index (χ4v) is 4.91. The van der Waals surface area contributed by atoms with Crippen LogP contribution < -0.4 is 10.1 Å². The number of carbonyl (C=O) groups excluding carboxylic acids is 2. The van der Waals surface area contributed by atoms with Crippen LogP contribution in [0.5, 0.6) is 5.75 Å². The van der Waals surface area contributed by atoms with Gasteiger partial charge in [0.1, 0.15) is 11.9 Å². The van der Waals surface area contributed by atoms with E-state index in [2.05, 4.69) is 28.4 Å². The van der Waals surface area contributed by atoms with Gasteiger partial charge in [-0.3, -0.25) is 14.5 Å². The van der Waals surface area contributed by atoms with Gasteiger partial charge in [0.15, 0.2) is 0 Å². The molecule has 194 valence electrons. The number of aliphatic hydroxyl groups excluding tert-OH is 1. The highest BCUT2D eigenvalue weighted by Crippen LogP contribution is 2.24. The molecular weight excluding hydrogens is 454 g/mol. The zero-order valence-electron chi connectivity index (χ0n) is 21.7. The molecule has 0 spiro atoms. The summed E-state index contributed by atoms with van der Waals surface area (Å²) in [7, 11) is 0. The summed E-state index contributed by atoms with van der Waals surface area (Å²) in [5.74, 6) is 0.693. The average molecular weight is 494 g/mol. The predicted molar refractivity (Wildman–Crippen MR) is 140 cm³/mol. The Balaban J connectivity index is 1.18. The zero-order valence-corrected chi connectivity index (χ0v) is 21.7. The van der Waals surface area contributed by atoms with Crippen molar-refractivity contribution in [2.75, 3.05) is 32.7 Å². The number of likely N-dealkylation sites (tertiary alicyclic amines) is 1. The van der Waals surface area contributed by atoms with Crippen LogP contribution >= 0.6 is 0 Å². The van der Waals surface area contributed by atoms with Crippen molar-refractivity contribution in [2.24, 2.45) is 5.41 Å². The SMILES string of the molecule is CC(C)(C)C(=O)N1CCC(Oc2ccc(C(=O)NC[C@H](O)CN3CCc4ccccc4C3)cc2)CC1. The first kappa shape index (κ1) is 26.2. The normalized spacial score (nSPS) is 17.8. The number of hydrogen-bond acceptors (Lipinski definition) is 5. The first-order chi connectivity index (χ1) is 17.2. The summed E-state index contributed by atoms with van der Waals surface area (Å²) in [6.07, 6.45) is 2.01. The Bertz CT molecular complexity index is 1040. The number of benzene rings is 2. The molecule has 1 saturated heterocycles. The van der Waals surface area contributed by atoms with Crippen LogP contribution in [-0.4, -0.2) is 71.7 Å². The van der Waals surface area contributed by atoms with E-state index in [0.29, 0.717) is 25.2 Å². The van der Waals surface area contributed by atoms with E-state index in [1.54, 1.807) is 12.1 Å². The van der Waals surface area contributed by atoms with Crippen LogP contribution in [0.25, 0.3) is 0 Å². The first-order valence-corrected chi connectivity index (χ1v) is 13.0. The Labute approximate surface area is 214 Å². The van der Waals surface area contributed by atoms with Crippen LogP contribution in [-0.2, 0) is 17.8 Å². The molecule has 0 bridgehead atoms. The minimum absolute atomic E-state index is 0.0607. The van der Waals surface area contributed by atoms with Crippen molar-refractivity contribution in [3.05, 3.63) is 65.2 Å². The monoisotopic (exact) mass is 493 g/mol. The quantitative estimate of drug-likeness (QED) is 0.619. The number of nitrogens with zero attached hydrogens (tertiary/aromatic N) is 2. The highest BCUT2D eigenvalue weighted by atomic mass is 16.5. The Kier molecular flexibility index (Phi) is 8.32. The van der Waals surface area contributed by atoms with Gasteiger partial charge in [-0.1, -0.05) is 45.0 Å². The smallest absolute Gasteiger partial charge is 0.251 e. The Hall–Kier alpha value is -2.90. The largest absolute Gasteiger partial charge is 0.490 e. The van der Waals surface area contributed by atoms with Gasteiger partial charge in [0.2, 0.25) is 5.91 Å². The molecule has 0 unspecified atom stereocenters. The number of aliphatic hydroxyl groups is 1. The molecule has 0 saturated carbocycles. The van der Waals surface area contributed by atoms with E-state index in [-0.39, 0.29) is 29.9 Å². The van der Waals surface area contributed by atoms with Crippen LogP contribution in [0.4, 0.5) is 0 Å². The van der Waals surface area contributed by atoms with Gasteiger partial charge in [-0.2, -0.15) is 0 Å². The average Bonchev–Trinajstić information content (AvgIpc) is 2.87. The summed E-state index contributed by atoms with van der Waals surface area (Å²) in [6.45, 7) is 9.73. The third-order valence-corrected chi connectivity index (χ3v) is 6.97. The Morgan fingerprint density at radius 1 is 1.03 bits per heavy atom. The van der Waals surface area contributed by atoms with Gasteiger partial charge in [-0.25, -0.2) is 0 Å². The third-order valence-electron chi connectivity index (χ3n) is 6.97. The number of ether oxygens (including phenoxy) is 1. The van der Waals surface area contributed by atoms with E-state index in [9.17, 15) is 14.7 Å². The number of carbonyl (C=O) groups is 2. The molecule has 2 aliphatic heterocycles. The Morgan fingerprint density at radius 3 is 2.36 bits per heavy atom. The molecule has 2 aromatic rings. The van der Waals surface area contributed by atoms with E-state index >= 15 is 0 Å². The molecule has 0 aliphatic carbocycles. The zero-order chi connectivity index (χ0) is 25.7. The second-order valence-corrected chi connectivity index (χ2v) is 11.0. The van der Waals surface area contributed by atoms with Crippen molar-refractivity contribution in [3.8, 4) is 5.75 Å². The van der Waals surface area contributed by atoms with Gasteiger partial charge in [-0.05, 0) is 41.8 Å².